The summed E-state index contributed by atoms with van der Waals surface area (Å²) >= 11 is 0. The minimum Gasteiger partial charge on any atom is -0.334 e. The summed E-state index contributed by atoms with van der Waals surface area (Å²) in [6, 6.07) is 65.7. The standard InChI is InChI=1S/C57H42N2/c1-57(2)49-31-30-46-44-25-12-14-27-51(44)59-52-28-15-13-26-45(52)48-35-41(36-50(57)54(48)55(49)56(46)59)39-21-16-24-43(33-39)58(42-22-10-5-11-23-42)53-32-29-40(37-17-6-3-7-18-37)34-47(53)38-19-8-4-9-20-38/h3-22,24-36,42H,23H2,1-2H3. The first-order valence-corrected chi connectivity index (χ1v) is 20.9. The molecule has 59 heavy (non-hydrogen) atoms. The predicted molar refractivity (Wildman–Crippen MR) is 249 cm³/mol. The Morgan fingerprint density at radius 3 is 2.07 bits per heavy atom. The summed E-state index contributed by atoms with van der Waals surface area (Å²) in [5.41, 5.74) is 21.5. The Balaban J connectivity index is 1.07. The van der Waals surface area contributed by atoms with Crippen molar-refractivity contribution in [3.05, 3.63) is 211 Å². The molecule has 0 spiro atoms. The van der Waals surface area contributed by atoms with Crippen molar-refractivity contribution in [3.63, 3.8) is 0 Å². The maximum Gasteiger partial charge on any atom is 0.0623 e. The van der Waals surface area contributed by atoms with Gasteiger partial charge >= 0.3 is 0 Å². The summed E-state index contributed by atoms with van der Waals surface area (Å²) in [4.78, 5) is 2.56. The second kappa shape index (κ2) is 12.9. The average Bonchev–Trinajstić information content (AvgIpc) is 3.70. The lowest BCUT2D eigenvalue weighted by atomic mass is 9.80. The molecule has 1 aromatic heterocycles. The van der Waals surface area contributed by atoms with E-state index in [1.54, 1.807) is 0 Å². The second-order valence-electron chi connectivity index (χ2n) is 16.8. The number of rotatable bonds is 6. The fourth-order valence-electron chi connectivity index (χ4n) is 10.4. The van der Waals surface area contributed by atoms with Crippen molar-refractivity contribution in [2.24, 2.45) is 0 Å². The number of para-hydroxylation sites is 2. The Hall–Kier alpha value is -7.16. The predicted octanol–water partition coefficient (Wildman–Crippen LogP) is 15.1. The smallest absolute Gasteiger partial charge is 0.0623 e. The molecule has 0 radical (unpaired) electrons. The molecule has 2 aliphatic carbocycles. The van der Waals surface area contributed by atoms with Gasteiger partial charge in [0.25, 0.3) is 0 Å². The zero-order valence-electron chi connectivity index (χ0n) is 33.2. The largest absolute Gasteiger partial charge is 0.334 e. The van der Waals surface area contributed by atoms with E-state index in [0.717, 1.165) is 6.42 Å². The SMILES string of the molecule is CC1(C)c2cc(-c3cccc(N(c4ccc(-c5ccccc5)cc4-c4ccccc4)C4C=CC=CC4)c3)cc3c2-c2c1ccc1c4ccccc4n(c21)-c1ccccc1-3. The van der Waals surface area contributed by atoms with Gasteiger partial charge in [0.2, 0.25) is 0 Å². The number of fused-ring (bicyclic) bond motifs is 6. The van der Waals surface area contributed by atoms with E-state index in [1.807, 2.05) is 0 Å². The highest BCUT2D eigenvalue weighted by Gasteiger charge is 2.41. The summed E-state index contributed by atoms with van der Waals surface area (Å²) in [7, 11) is 0. The number of allylic oxidation sites excluding steroid dienone is 2. The van der Waals surface area contributed by atoms with E-state index in [4.69, 9.17) is 0 Å². The molecule has 0 N–H and O–H groups in total. The van der Waals surface area contributed by atoms with Crippen molar-refractivity contribution in [2.45, 2.75) is 31.7 Å². The van der Waals surface area contributed by atoms with Gasteiger partial charge in [0.1, 0.15) is 0 Å². The zero-order valence-corrected chi connectivity index (χ0v) is 33.2. The van der Waals surface area contributed by atoms with Crippen LogP contribution < -0.4 is 4.90 Å². The van der Waals surface area contributed by atoms with Crippen molar-refractivity contribution in [2.75, 3.05) is 4.90 Å². The van der Waals surface area contributed by atoms with E-state index in [0.29, 0.717) is 0 Å². The minimum absolute atomic E-state index is 0.150. The van der Waals surface area contributed by atoms with Gasteiger partial charge in [-0.25, -0.2) is 0 Å². The van der Waals surface area contributed by atoms with E-state index in [1.165, 1.54) is 106 Å². The topological polar surface area (TPSA) is 8.17 Å². The number of nitrogens with zero attached hydrogens (tertiary/aromatic N) is 2. The quantitative estimate of drug-likeness (QED) is 0.164. The maximum atomic E-state index is 2.56. The summed E-state index contributed by atoms with van der Waals surface area (Å²) in [5.74, 6) is 0. The molecular formula is C57H42N2. The van der Waals surface area contributed by atoms with E-state index < -0.39 is 0 Å². The number of benzene rings is 8. The van der Waals surface area contributed by atoms with Crippen LogP contribution in [0.3, 0.4) is 0 Å². The zero-order chi connectivity index (χ0) is 39.2. The van der Waals surface area contributed by atoms with Crippen molar-refractivity contribution in [1.82, 2.24) is 4.57 Å². The highest BCUT2D eigenvalue weighted by molar-refractivity contribution is 6.19. The lowest BCUT2D eigenvalue weighted by molar-refractivity contribution is 0.661. The van der Waals surface area contributed by atoms with E-state index in [9.17, 15) is 0 Å². The number of aromatic nitrogens is 1. The highest BCUT2D eigenvalue weighted by Crippen LogP contribution is 2.59. The van der Waals surface area contributed by atoms with Gasteiger partial charge < -0.3 is 9.47 Å². The third-order valence-corrected chi connectivity index (χ3v) is 13.2. The molecule has 12 rings (SSSR count). The maximum absolute atomic E-state index is 2.56. The number of anilines is 2. The van der Waals surface area contributed by atoms with Gasteiger partial charge in [-0.15, -0.1) is 0 Å². The summed E-state index contributed by atoms with van der Waals surface area (Å²) < 4.78 is 2.54. The second-order valence-corrected chi connectivity index (χ2v) is 16.8. The molecule has 280 valence electrons. The molecule has 0 amide bonds. The van der Waals surface area contributed by atoms with Crippen molar-refractivity contribution >= 4 is 33.2 Å². The van der Waals surface area contributed by atoms with Crippen LogP contribution in [-0.4, -0.2) is 10.6 Å². The fraction of sp³-hybridized carbons (Fsp3) is 0.0877. The average molecular weight is 755 g/mol. The van der Waals surface area contributed by atoms with Crippen LogP contribution in [0.5, 0.6) is 0 Å². The highest BCUT2D eigenvalue weighted by atomic mass is 15.2. The Morgan fingerprint density at radius 2 is 1.24 bits per heavy atom. The third-order valence-electron chi connectivity index (χ3n) is 13.2. The van der Waals surface area contributed by atoms with Gasteiger partial charge in [0, 0.05) is 44.3 Å². The molecule has 0 bridgehead atoms. The first kappa shape index (κ1) is 33.9. The van der Waals surface area contributed by atoms with Crippen LogP contribution in [0.1, 0.15) is 31.4 Å². The summed E-state index contributed by atoms with van der Waals surface area (Å²) in [6.45, 7) is 4.84. The lowest BCUT2D eigenvalue weighted by Gasteiger charge is -2.35. The van der Waals surface area contributed by atoms with Gasteiger partial charge in [0.05, 0.1) is 22.8 Å². The summed E-state index contributed by atoms with van der Waals surface area (Å²) in [6.07, 6.45) is 9.94. The minimum atomic E-state index is -0.175. The van der Waals surface area contributed by atoms with Crippen molar-refractivity contribution < 1.29 is 0 Å². The molecule has 0 fully saturated rings. The molecule has 1 aliphatic heterocycles. The van der Waals surface area contributed by atoms with Crippen LogP contribution in [0.25, 0.3) is 83.1 Å². The van der Waals surface area contributed by atoms with Crippen LogP contribution >= 0.6 is 0 Å². The fourth-order valence-corrected chi connectivity index (χ4v) is 10.4. The molecule has 0 saturated carbocycles. The van der Waals surface area contributed by atoms with E-state index in [2.05, 4.69) is 224 Å². The van der Waals surface area contributed by atoms with Crippen molar-refractivity contribution in [1.29, 1.82) is 0 Å². The first-order valence-electron chi connectivity index (χ1n) is 20.9. The monoisotopic (exact) mass is 754 g/mol. The van der Waals surface area contributed by atoms with Gasteiger partial charge in [-0.05, 0) is 105 Å². The molecule has 2 nitrogen and oxygen atoms in total. The summed E-state index contributed by atoms with van der Waals surface area (Å²) in [5, 5.41) is 2.63. The van der Waals surface area contributed by atoms with Crippen molar-refractivity contribution in [3.8, 4) is 61.3 Å². The molecule has 0 saturated heterocycles. The lowest BCUT2D eigenvalue weighted by Crippen LogP contribution is -2.30. The van der Waals surface area contributed by atoms with Crippen LogP contribution in [0.15, 0.2) is 200 Å². The third kappa shape index (κ3) is 5.06. The number of hydrogen-bond donors (Lipinski definition) is 0. The molecule has 2 heteroatoms. The molecule has 1 atom stereocenters. The van der Waals surface area contributed by atoms with Gasteiger partial charge in [-0.3, -0.25) is 0 Å². The first-order chi connectivity index (χ1) is 29.0. The Morgan fingerprint density at radius 1 is 0.508 bits per heavy atom. The van der Waals surface area contributed by atoms with Crippen LogP contribution in [0.2, 0.25) is 0 Å². The Bertz CT molecular complexity index is 3210. The van der Waals surface area contributed by atoms with E-state index in [-0.39, 0.29) is 11.5 Å². The molecular weight excluding hydrogens is 713 g/mol. The van der Waals surface area contributed by atoms with Gasteiger partial charge in [0.15, 0.2) is 0 Å². The Labute approximate surface area is 345 Å². The van der Waals surface area contributed by atoms with Crippen LogP contribution in [0.4, 0.5) is 11.4 Å². The Kier molecular flexibility index (Phi) is 7.43. The molecule has 2 heterocycles. The number of hydrogen-bond acceptors (Lipinski definition) is 1. The molecule has 9 aromatic rings. The van der Waals surface area contributed by atoms with E-state index >= 15 is 0 Å². The molecule has 1 unspecified atom stereocenters. The molecule has 3 aliphatic rings. The van der Waals surface area contributed by atoms with Crippen LogP contribution in [-0.2, 0) is 5.41 Å². The van der Waals surface area contributed by atoms with Crippen LogP contribution in [0, 0.1) is 0 Å². The van der Waals surface area contributed by atoms with Gasteiger partial charge in [-0.2, -0.15) is 0 Å². The van der Waals surface area contributed by atoms with Gasteiger partial charge in [-0.1, -0.05) is 166 Å². The molecule has 8 aromatic carbocycles. The normalized spacial score (nSPS) is 15.4.